The van der Waals surface area contributed by atoms with Crippen LogP contribution in [0, 0.1) is 11.6 Å². The summed E-state index contributed by atoms with van der Waals surface area (Å²) in [6, 6.07) is 11.4. The Labute approximate surface area is 287 Å². The number of aromatic nitrogens is 2. The van der Waals surface area contributed by atoms with Gasteiger partial charge in [0.2, 0.25) is 0 Å². The zero-order chi connectivity index (χ0) is 34.9. The Morgan fingerprint density at radius 1 is 1.00 bits per heavy atom. The number of nitrogens with zero attached hydrogens (tertiary/aromatic N) is 3. The van der Waals surface area contributed by atoms with E-state index in [-0.39, 0.29) is 68.1 Å². The first kappa shape index (κ1) is 34.9. The monoisotopic (exact) mass is 814 g/mol. The van der Waals surface area contributed by atoms with Gasteiger partial charge in [0, 0.05) is 29.8 Å². The Hall–Kier alpha value is -4.47. The largest absolute Gasteiger partial charge is 0.453 e. The maximum absolute atomic E-state index is 14.3. The van der Waals surface area contributed by atoms with Crippen LogP contribution in [0.15, 0.2) is 66.7 Å². The van der Waals surface area contributed by atoms with Gasteiger partial charge in [-0.2, -0.15) is 13.2 Å². The van der Waals surface area contributed by atoms with Gasteiger partial charge in [-0.3, -0.25) is 24.1 Å². The number of anilines is 2. The highest BCUT2D eigenvalue weighted by molar-refractivity contribution is 14.2. The summed E-state index contributed by atoms with van der Waals surface area (Å²) < 4.78 is 76.2. The molecular weight excluding hydrogens is 797 g/mol. The molecule has 0 aliphatic carbocycles. The number of rotatable bonds is 9. The van der Waals surface area contributed by atoms with Gasteiger partial charge in [-0.1, -0.05) is 29.8 Å². The average Bonchev–Trinajstić information content (AvgIpc) is 3.45. The predicted octanol–water partition coefficient (Wildman–Crippen LogP) is 8.72. The molecule has 5 rings (SSSR count). The summed E-state index contributed by atoms with van der Waals surface area (Å²) in [4.78, 5) is 52.3. The van der Waals surface area contributed by atoms with Crippen LogP contribution in [0.25, 0.3) is 10.9 Å². The molecule has 0 aliphatic rings. The zero-order valence-electron chi connectivity index (χ0n) is 24.0. The number of hydrogen-bond acceptors (Lipinski definition) is 6. The molecule has 1 aromatic heterocycles. The van der Waals surface area contributed by atoms with E-state index in [4.69, 9.17) is 16.3 Å². The SMILES string of the molecule is CN(C(=O)c1ccccc1C=O)c1nn(PI)c2c(C=O)cc(NC(=O)c3cc(F)cc(C(F)(F)F)c3)c(Oc3cc(F)ccc3Cl)c12. The van der Waals surface area contributed by atoms with Crippen LogP contribution in [-0.2, 0) is 6.18 Å². The topological polar surface area (TPSA) is 111 Å². The maximum Gasteiger partial charge on any atom is 0.416 e. The molecule has 2 amide bonds. The summed E-state index contributed by atoms with van der Waals surface area (Å²) in [5.74, 6) is -4.84. The van der Waals surface area contributed by atoms with Gasteiger partial charge in [-0.25, -0.2) is 13.2 Å². The van der Waals surface area contributed by atoms with Crippen molar-refractivity contribution in [2.24, 2.45) is 0 Å². The van der Waals surface area contributed by atoms with E-state index in [1.807, 2.05) is 22.0 Å². The van der Waals surface area contributed by atoms with Gasteiger partial charge in [0.05, 0.1) is 39.1 Å². The molecule has 48 heavy (non-hydrogen) atoms. The molecule has 0 spiro atoms. The highest BCUT2D eigenvalue weighted by Gasteiger charge is 2.33. The maximum atomic E-state index is 14.3. The van der Waals surface area contributed by atoms with Crippen molar-refractivity contribution in [3.8, 4) is 11.5 Å². The highest BCUT2D eigenvalue weighted by Crippen LogP contribution is 2.47. The number of carbonyl (C=O) groups excluding carboxylic acids is 4. The minimum atomic E-state index is -4.98. The van der Waals surface area contributed by atoms with E-state index >= 15 is 0 Å². The Kier molecular flexibility index (Phi) is 10.1. The molecule has 0 aliphatic heterocycles. The second-order valence-electron chi connectivity index (χ2n) is 9.93. The molecular formula is C31H18ClF5IN4O5P. The van der Waals surface area contributed by atoms with Crippen molar-refractivity contribution in [2.75, 3.05) is 17.3 Å². The van der Waals surface area contributed by atoms with Crippen LogP contribution >= 0.6 is 40.0 Å². The first-order valence-electron chi connectivity index (χ1n) is 13.3. The Morgan fingerprint density at radius 2 is 1.71 bits per heavy atom. The number of amides is 2. The molecule has 17 heteroatoms. The molecule has 0 fully saturated rings. The van der Waals surface area contributed by atoms with Crippen molar-refractivity contribution in [1.82, 2.24) is 9.55 Å². The lowest BCUT2D eigenvalue weighted by Crippen LogP contribution is -2.28. The second kappa shape index (κ2) is 13.9. The normalized spacial score (nSPS) is 11.6. The molecule has 9 nitrogen and oxygen atoms in total. The van der Waals surface area contributed by atoms with Crippen LogP contribution in [0.1, 0.15) is 47.0 Å². The molecule has 0 saturated carbocycles. The van der Waals surface area contributed by atoms with Gasteiger partial charge < -0.3 is 10.1 Å². The lowest BCUT2D eigenvalue weighted by atomic mass is 10.1. The van der Waals surface area contributed by atoms with Crippen LogP contribution in [0.4, 0.5) is 33.5 Å². The molecule has 0 saturated heterocycles. The summed E-state index contributed by atoms with van der Waals surface area (Å²) in [7, 11) is 1.32. The third-order valence-electron chi connectivity index (χ3n) is 6.90. The summed E-state index contributed by atoms with van der Waals surface area (Å²) in [6.07, 6.45) is -4.27. The average molecular weight is 815 g/mol. The van der Waals surface area contributed by atoms with Gasteiger partial charge in [-0.05, 0) is 64.5 Å². The lowest BCUT2D eigenvalue weighted by Gasteiger charge is -2.19. The van der Waals surface area contributed by atoms with Gasteiger partial charge in [0.15, 0.2) is 24.1 Å². The molecule has 246 valence electrons. The van der Waals surface area contributed by atoms with E-state index in [1.54, 1.807) is 6.07 Å². The van der Waals surface area contributed by atoms with Gasteiger partial charge in [-0.15, -0.1) is 5.10 Å². The third-order valence-corrected chi connectivity index (χ3v) is 9.07. The number of nitrogens with one attached hydrogen (secondary N) is 1. The van der Waals surface area contributed by atoms with Crippen LogP contribution in [0.2, 0.25) is 5.02 Å². The third kappa shape index (κ3) is 6.89. The van der Waals surface area contributed by atoms with Crippen LogP contribution < -0.4 is 15.0 Å². The van der Waals surface area contributed by atoms with Crippen molar-refractivity contribution < 1.29 is 45.9 Å². The van der Waals surface area contributed by atoms with E-state index in [0.717, 1.165) is 23.1 Å². The number of carbonyl (C=O) groups is 4. The van der Waals surface area contributed by atoms with Gasteiger partial charge in [0.1, 0.15) is 17.4 Å². The van der Waals surface area contributed by atoms with Crippen LogP contribution in [0.5, 0.6) is 11.5 Å². The second-order valence-corrected chi connectivity index (χ2v) is 12.4. The Balaban J connectivity index is 1.77. The number of alkyl halides is 3. The fourth-order valence-electron chi connectivity index (χ4n) is 4.71. The number of aldehydes is 2. The van der Waals surface area contributed by atoms with E-state index in [2.05, 4.69) is 10.4 Å². The summed E-state index contributed by atoms with van der Waals surface area (Å²) in [5.41, 5.74) is -2.45. The fourth-order valence-corrected chi connectivity index (χ4v) is 6.37. The summed E-state index contributed by atoms with van der Waals surface area (Å²) in [5, 5.41) is 6.66. The van der Waals surface area contributed by atoms with E-state index < -0.39 is 40.8 Å². The summed E-state index contributed by atoms with van der Waals surface area (Å²) >= 11 is 8.24. The Bertz CT molecular complexity index is 2130. The van der Waals surface area contributed by atoms with E-state index in [9.17, 15) is 41.1 Å². The lowest BCUT2D eigenvalue weighted by molar-refractivity contribution is -0.137. The van der Waals surface area contributed by atoms with Gasteiger partial charge in [0.25, 0.3) is 11.8 Å². The predicted molar refractivity (Wildman–Crippen MR) is 178 cm³/mol. The molecule has 0 bridgehead atoms. The number of fused-ring (bicyclic) bond motifs is 1. The summed E-state index contributed by atoms with van der Waals surface area (Å²) in [6.45, 7) is 0. The zero-order valence-corrected chi connectivity index (χ0v) is 27.9. The fraction of sp³-hybridized carbons (Fsp3) is 0.0645. The van der Waals surface area contributed by atoms with Crippen molar-refractivity contribution in [1.29, 1.82) is 0 Å². The van der Waals surface area contributed by atoms with Crippen molar-refractivity contribution >= 4 is 86.8 Å². The molecule has 0 radical (unpaired) electrons. The first-order valence-corrected chi connectivity index (χ1v) is 17.8. The van der Waals surface area contributed by atoms with Crippen molar-refractivity contribution in [2.45, 2.75) is 6.18 Å². The van der Waals surface area contributed by atoms with Crippen molar-refractivity contribution in [3.63, 3.8) is 0 Å². The number of benzene rings is 4. The van der Waals surface area contributed by atoms with Crippen LogP contribution in [0.3, 0.4) is 0 Å². The Morgan fingerprint density at radius 3 is 2.38 bits per heavy atom. The first-order chi connectivity index (χ1) is 22.8. The van der Waals surface area contributed by atoms with Gasteiger partial charge >= 0.3 is 6.18 Å². The number of ether oxygens (including phenoxy) is 1. The molecule has 4 aromatic carbocycles. The van der Waals surface area contributed by atoms with Crippen LogP contribution in [-0.4, -0.2) is 41.0 Å². The molecule has 1 N–H and O–H groups in total. The molecule has 1 heterocycles. The number of hydrogen-bond donors (Lipinski definition) is 1. The van der Waals surface area contributed by atoms with Crippen molar-refractivity contribution in [3.05, 3.63) is 111 Å². The molecule has 1 unspecified atom stereocenters. The smallest absolute Gasteiger partial charge is 0.416 e. The van der Waals surface area contributed by atoms with E-state index in [0.29, 0.717) is 24.7 Å². The highest BCUT2D eigenvalue weighted by atomic mass is 127. The molecule has 1 atom stereocenters. The minimum Gasteiger partial charge on any atom is -0.453 e. The van der Waals surface area contributed by atoms with E-state index in [1.165, 1.54) is 35.8 Å². The minimum absolute atomic E-state index is 0.00286. The quantitative estimate of drug-likeness (QED) is 0.0690. The standard InChI is InChI=1S/C31H18ClF5IN4O5P/c1-41(30(46)21-5-3-2-4-15(21)13-43)28-25-26(42(40-28)48-38)17(14-44)10-23(27(25)47-24-12-19(33)6-7-22(24)32)39-29(45)16-8-18(31(35,36)37)11-20(34)9-16/h2-14,48H,1H3,(H,39,45). The molecule has 5 aromatic rings. The number of halogens is 7.